The third kappa shape index (κ3) is 5.61. The molecule has 1 saturated heterocycles. The van der Waals surface area contributed by atoms with Crippen molar-refractivity contribution in [2.75, 3.05) is 25.1 Å². The molecule has 0 radical (unpaired) electrons. The van der Waals surface area contributed by atoms with Crippen LogP contribution >= 0.6 is 0 Å². The van der Waals surface area contributed by atoms with Crippen molar-refractivity contribution in [3.05, 3.63) is 29.3 Å². The van der Waals surface area contributed by atoms with Gasteiger partial charge in [-0.1, -0.05) is 33.8 Å². The number of ether oxygens (including phenoxy) is 1. The Bertz CT molecular complexity index is 1030. The first-order valence-corrected chi connectivity index (χ1v) is 11.2. The number of benzene rings is 1. The van der Waals surface area contributed by atoms with Gasteiger partial charge in [-0.05, 0) is 24.0 Å². The van der Waals surface area contributed by atoms with Crippen molar-refractivity contribution >= 4 is 35.3 Å². The molecule has 0 saturated carbocycles. The Morgan fingerprint density at radius 1 is 1.12 bits per heavy atom. The highest BCUT2D eigenvalue weighted by Crippen LogP contribution is 2.33. The number of imide groups is 2. The first-order chi connectivity index (χ1) is 15.8. The van der Waals surface area contributed by atoms with Gasteiger partial charge in [0.1, 0.15) is 6.04 Å². The van der Waals surface area contributed by atoms with E-state index in [-0.39, 0.29) is 42.4 Å². The van der Waals surface area contributed by atoms with E-state index >= 15 is 0 Å². The van der Waals surface area contributed by atoms with Crippen molar-refractivity contribution in [1.29, 1.82) is 0 Å². The average Bonchev–Trinajstić information content (AvgIpc) is 2.96. The van der Waals surface area contributed by atoms with Gasteiger partial charge in [-0.15, -0.1) is 0 Å². The highest BCUT2D eigenvalue weighted by atomic mass is 16.5. The number of hydrogen-bond acceptors (Lipinski definition) is 7. The van der Waals surface area contributed by atoms with Gasteiger partial charge in [0, 0.05) is 24.1 Å². The van der Waals surface area contributed by atoms with Crippen molar-refractivity contribution in [2.24, 2.45) is 10.8 Å². The lowest BCUT2D eigenvalue weighted by atomic mass is 9.90. The van der Waals surface area contributed by atoms with Crippen molar-refractivity contribution in [3.8, 4) is 0 Å². The molecule has 1 atom stereocenters. The molecule has 184 valence electrons. The molecule has 3 N–H and O–H groups in total. The summed E-state index contributed by atoms with van der Waals surface area (Å²) in [5, 5.41) is 14.4. The van der Waals surface area contributed by atoms with Gasteiger partial charge < -0.3 is 15.2 Å². The highest BCUT2D eigenvalue weighted by Gasteiger charge is 2.45. The van der Waals surface area contributed by atoms with Crippen molar-refractivity contribution in [3.63, 3.8) is 0 Å². The molecule has 2 heterocycles. The SMILES string of the molecule is CC(C)(CNc1cccc2c1C(=O)N(C1CCC(=O)NC1=O)C2=O)COCC(C)(C)CC(=O)O. The van der Waals surface area contributed by atoms with E-state index in [1.54, 1.807) is 18.2 Å². The molecular formula is C24H31N3O7. The van der Waals surface area contributed by atoms with E-state index in [0.29, 0.717) is 18.8 Å². The fourth-order valence-corrected chi connectivity index (χ4v) is 4.11. The minimum absolute atomic E-state index is 0.00164. The number of carboxylic acids is 1. The van der Waals surface area contributed by atoms with E-state index in [1.807, 2.05) is 27.7 Å². The van der Waals surface area contributed by atoms with Crippen LogP contribution in [0.1, 0.15) is 67.7 Å². The molecular weight excluding hydrogens is 442 g/mol. The van der Waals surface area contributed by atoms with E-state index < -0.39 is 41.1 Å². The van der Waals surface area contributed by atoms with E-state index in [0.717, 1.165) is 4.90 Å². The summed E-state index contributed by atoms with van der Waals surface area (Å²) >= 11 is 0. The molecule has 0 bridgehead atoms. The van der Waals surface area contributed by atoms with Gasteiger partial charge in [0.2, 0.25) is 11.8 Å². The molecule has 0 aliphatic carbocycles. The van der Waals surface area contributed by atoms with Gasteiger partial charge in [0.05, 0.1) is 30.8 Å². The molecule has 4 amide bonds. The number of nitrogens with one attached hydrogen (secondary N) is 2. The van der Waals surface area contributed by atoms with Gasteiger partial charge in [0.15, 0.2) is 0 Å². The predicted molar refractivity (Wildman–Crippen MR) is 122 cm³/mol. The Kier molecular flexibility index (Phi) is 7.11. The molecule has 34 heavy (non-hydrogen) atoms. The quantitative estimate of drug-likeness (QED) is 0.438. The van der Waals surface area contributed by atoms with Crippen LogP contribution in [0.2, 0.25) is 0 Å². The number of aliphatic carboxylic acids is 1. The minimum Gasteiger partial charge on any atom is -0.481 e. The first-order valence-electron chi connectivity index (χ1n) is 11.2. The number of carbonyl (C=O) groups is 5. The number of carbonyl (C=O) groups excluding carboxylic acids is 4. The second-order valence-corrected chi connectivity index (χ2v) is 10.4. The fourth-order valence-electron chi connectivity index (χ4n) is 4.11. The lowest BCUT2D eigenvalue weighted by molar-refractivity contribution is -0.140. The van der Waals surface area contributed by atoms with Crippen LogP contribution in [0.15, 0.2) is 18.2 Å². The predicted octanol–water partition coefficient (Wildman–Crippen LogP) is 2.04. The first kappa shape index (κ1) is 25.4. The van der Waals surface area contributed by atoms with Gasteiger partial charge >= 0.3 is 5.97 Å². The van der Waals surface area contributed by atoms with Gasteiger partial charge in [-0.2, -0.15) is 0 Å². The van der Waals surface area contributed by atoms with Gasteiger partial charge in [-0.25, -0.2) is 0 Å². The summed E-state index contributed by atoms with van der Waals surface area (Å²) in [6.07, 6.45) is 0.162. The molecule has 2 aliphatic heterocycles. The topological polar surface area (TPSA) is 142 Å². The van der Waals surface area contributed by atoms with Crippen LogP contribution in [0.25, 0.3) is 0 Å². The smallest absolute Gasteiger partial charge is 0.303 e. The lowest BCUT2D eigenvalue weighted by Gasteiger charge is -2.29. The maximum atomic E-state index is 13.2. The third-order valence-corrected chi connectivity index (χ3v) is 5.84. The van der Waals surface area contributed by atoms with Crippen molar-refractivity contribution < 1.29 is 33.8 Å². The monoisotopic (exact) mass is 473 g/mol. The molecule has 0 spiro atoms. The maximum Gasteiger partial charge on any atom is 0.303 e. The average molecular weight is 474 g/mol. The highest BCUT2D eigenvalue weighted by molar-refractivity contribution is 6.25. The summed E-state index contributed by atoms with van der Waals surface area (Å²) in [6, 6.07) is 3.89. The molecule has 10 heteroatoms. The summed E-state index contributed by atoms with van der Waals surface area (Å²) in [6.45, 7) is 8.66. The largest absolute Gasteiger partial charge is 0.481 e. The molecule has 1 aromatic rings. The number of nitrogens with zero attached hydrogens (tertiary/aromatic N) is 1. The summed E-state index contributed by atoms with van der Waals surface area (Å²) in [5.41, 5.74) is 0.0318. The Morgan fingerprint density at radius 2 is 1.79 bits per heavy atom. The summed E-state index contributed by atoms with van der Waals surface area (Å²) in [5.74, 6) is -3.07. The van der Waals surface area contributed by atoms with E-state index in [9.17, 15) is 24.0 Å². The van der Waals surface area contributed by atoms with E-state index in [1.165, 1.54) is 0 Å². The maximum absolute atomic E-state index is 13.2. The second kappa shape index (κ2) is 9.54. The lowest BCUT2D eigenvalue weighted by Crippen LogP contribution is -2.54. The molecule has 1 aromatic carbocycles. The number of piperidine rings is 1. The van der Waals surface area contributed by atoms with Crippen LogP contribution in [0, 0.1) is 10.8 Å². The van der Waals surface area contributed by atoms with Crippen LogP contribution in [-0.4, -0.2) is 65.4 Å². The number of amides is 4. The van der Waals surface area contributed by atoms with Crippen LogP contribution < -0.4 is 10.6 Å². The second-order valence-electron chi connectivity index (χ2n) is 10.4. The Balaban J connectivity index is 1.67. The Labute approximate surface area is 198 Å². The number of anilines is 1. The fraction of sp³-hybridized carbons (Fsp3) is 0.542. The van der Waals surface area contributed by atoms with Crippen molar-refractivity contribution in [2.45, 2.75) is 53.0 Å². The standard InChI is InChI=1S/C24H31N3O7/c1-23(2,10-18(29)30)12-34-13-24(3,4)11-25-15-7-5-6-14-19(15)22(33)27(21(14)32)16-8-9-17(28)26-20(16)31/h5-7,16,25H,8-13H2,1-4H3,(H,29,30)(H,26,28,31). The van der Waals surface area contributed by atoms with Crippen LogP contribution in [-0.2, 0) is 19.1 Å². The molecule has 0 aromatic heterocycles. The summed E-state index contributed by atoms with van der Waals surface area (Å²) in [4.78, 5) is 61.8. The van der Waals surface area contributed by atoms with Crippen LogP contribution in [0.4, 0.5) is 5.69 Å². The minimum atomic E-state index is -1.02. The zero-order valence-corrected chi connectivity index (χ0v) is 19.9. The Morgan fingerprint density at radius 3 is 2.44 bits per heavy atom. The van der Waals surface area contributed by atoms with Crippen LogP contribution in [0.3, 0.4) is 0 Å². The normalized spacial score (nSPS) is 18.7. The van der Waals surface area contributed by atoms with E-state index in [2.05, 4.69) is 10.6 Å². The summed E-state index contributed by atoms with van der Waals surface area (Å²) < 4.78 is 5.80. The van der Waals surface area contributed by atoms with Gasteiger partial charge in [-0.3, -0.25) is 34.2 Å². The van der Waals surface area contributed by atoms with Gasteiger partial charge in [0.25, 0.3) is 11.8 Å². The van der Waals surface area contributed by atoms with Crippen molar-refractivity contribution in [1.82, 2.24) is 10.2 Å². The van der Waals surface area contributed by atoms with Crippen LogP contribution in [0.5, 0.6) is 0 Å². The molecule has 3 rings (SSSR count). The zero-order chi connectivity index (χ0) is 25.3. The molecule has 1 unspecified atom stereocenters. The number of rotatable bonds is 10. The molecule has 10 nitrogen and oxygen atoms in total. The summed E-state index contributed by atoms with van der Waals surface area (Å²) in [7, 11) is 0. The number of hydrogen-bond donors (Lipinski definition) is 3. The number of carboxylic acid groups (broad SMARTS) is 1. The van der Waals surface area contributed by atoms with E-state index in [4.69, 9.17) is 9.84 Å². The number of fused-ring (bicyclic) bond motifs is 1. The molecule has 1 fully saturated rings. The Hall–Kier alpha value is -3.27. The zero-order valence-electron chi connectivity index (χ0n) is 19.9. The third-order valence-electron chi connectivity index (χ3n) is 5.84. The molecule has 2 aliphatic rings.